The average Bonchev–Trinajstić information content (AvgIpc) is 3.02. The molecule has 1 fully saturated rings. The molecule has 2 amide bonds. The lowest BCUT2D eigenvalue weighted by Gasteiger charge is -2.30. The molecule has 12 heteroatoms. The first-order valence-electron chi connectivity index (χ1n) is 10.3. The number of likely N-dealkylation sites (tertiary alicyclic amines) is 1. The fraction of sp³-hybridized carbons (Fsp3) is 0.650. The van der Waals surface area contributed by atoms with Crippen LogP contribution in [0, 0.1) is 6.92 Å². The van der Waals surface area contributed by atoms with Crippen LogP contribution in [0.3, 0.4) is 0 Å². The van der Waals surface area contributed by atoms with Gasteiger partial charge in [0.25, 0.3) is 5.56 Å². The van der Waals surface area contributed by atoms with E-state index in [9.17, 15) is 29.1 Å². The monoisotopic (exact) mass is 453 g/mol. The molecule has 12 nitrogen and oxygen atoms in total. The predicted molar refractivity (Wildman–Crippen MR) is 114 cm³/mol. The molecule has 0 aromatic carbocycles. The summed E-state index contributed by atoms with van der Waals surface area (Å²) in [6.07, 6.45) is 1.53. The number of rotatable bonds is 7. The highest BCUT2D eigenvalue weighted by Crippen LogP contribution is 2.23. The number of nitrogens with zero attached hydrogens (tertiary/aromatic N) is 3. The predicted octanol–water partition coefficient (Wildman–Crippen LogP) is -0.515. The molecule has 0 saturated carbocycles. The van der Waals surface area contributed by atoms with Gasteiger partial charge in [0, 0.05) is 36.9 Å². The SMILES string of the molecule is Cc1cn(CC(=O)N(CC[C@@H]2C[C@H](N)CN2C(=O)OC(C)(C)C)CC(=O)O)c(=O)[nH]c1=O. The van der Waals surface area contributed by atoms with Crippen LogP contribution in [0.4, 0.5) is 4.79 Å². The molecule has 2 atom stereocenters. The Labute approximate surface area is 184 Å². The van der Waals surface area contributed by atoms with Gasteiger partial charge < -0.3 is 25.4 Å². The van der Waals surface area contributed by atoms with Crippen LogP contribution in [0.2, 0.25) is 0 Å². The van der Waals surface area contributed by atoms with Crippen LogP contribution < -0.4 is 17.0 Å². The van der Waals surface area contributed by atoms with Gasteiger partial charge in [-0.25, -0.2) is 9.59 Å². The number of H-pyrrole nitrogens is 1. The van der Waals surface area contributed by atoms with E-state index in [-0.39, 0.29) is 24.2 Å². The molecular weight excluding hydrogens is 422 g/mol. The Morgan fingerprint density at radius 1 is 1.31 bits per heavy atom. The average molecular weight is 453 g/mol. The lowest BCUT2D eigenvalue weighted by atomic mass is 10.1. The van der Waals surface area contributed by atoms with Gasteiger partial charge in [-0.3, -0.25) is 23.9 Å². The molecule has 0 radical (unpaired) electrons. The second-order valence-electron chi connectivity index (χ2n) is 8.98. The quantitative estimate of drug-likeness (QED) is 0.496. The number of hydrogen-bond acceptors (Lipinski definition) is 7. The number of carboxylic acids is 1. The maximum Gasteiger partial charge on any atom is 0.410 e. The summed E-state index contributed by atoms with van der Waals surface area (Å²) >= 11 is 0. The van der Waals surface area contributed by atoms with Crippen LogP contribution in [0.5, 0.6) is 0 Å². The number of nitrogens with two attached hydrogens (primary N) is 1. The van der Waals surface area contributed by atoms with Gasteiger partial charge in [-0.15, -0.1) is 0 Å². The first-order valence-corrected chi connectivity index (χ1v) is 10.3. The fourth-order valence-corrected chi connectivity index (χ4v) is 3.51. The number of aryl methyl sites for hydroxylation is 1. The van der Waals surface area contributed by atoms with Crippen molar-refractivity contribution >= 4 is 18.0 Å². The van der Waals surface area contributed by atoms with Crippen molar-refractivity contribution in [1.29, 1.82) is 0 Å². The number of carbonyl (C=O) groups excluding carboxylic acids is 2. The molecule has 1 aromatic rings. The number of carboxylic acid groups (broad SMARTS) is 1. The first-order chi connectivity index (χ1) is 14.8. The maximum atomic E-state index is 12.7. The molecule has 1 aromatic heterocycles. The van der Waals surface area contributed by atoms with E-state index in [4.69, 9.17) is 10.5 Å². The third-order valence-corrected chi connectivity index (χ3v) is 4.98. The zero-order valence-corrected chi connectivity index (χ0v) is 18.8. The van der Waals surface area contributed by atoms with E-state index in [2.05, 4.69) is 4.98 Å². The highest BCUT2D eigenvalue weighted by molar-refractivity contribution is 5.81. The van der Waals surface area contributed by atoms with Crippen LogP contribution in [0.1, 0.15) is 39.2 Å². The van der Waals surface area contributed by atoms with E-state index in [0.29, 0.717) is 19.4 Å². The second-order valence-corrected chi connectivity index (χ2v) is 8.98. The summed E-state index contributed by atoms with van der Waals surface area (Å²) in [5.74, 6) is -1.82. The van der Waals surface area contributed by atoms with E-state index < -0.39 is 47.9 Å². The zero-order chi connectivity index (χ0) is 24.2. The smallest absolute Gasteiger partial charge is 0.410 e. The van der Waals surface area contributed by atoms with E-state index in [1.54, 1.807) is 20.8 Å². The Kier molecular flexibility index (Phi) is 7.83. The van der Waals surface area contributed by atoms with Gasteiger partial charge in [0.1, 0.15) is 18.7 Å². The molecule has 0 unspecified atom stereocenters. The maximum absolute atomic E-state index is 12.7. The van der Waals surface area contributed by atoms with E-state index in [0.717, 1.165) is 9.47 Å². The van der Waals surface area contributed by atoms with Gasteiger partial charge in [-0.2, -0.15) is 0 Å². The molecule has 1 saturated heterocycles. The number of aromatic nitrogens is 2. The van der Waals surface area contributed by atoms with Gasteiger partial charge in [0.2, 0.25) is 5.91 Å². The number of amides is 2. The van der Waals surface area contributed by atoms with Crippen molar-refractivity contribution in [3.63, 3.8) is 0 Å². The number of hydrogen-bond donors (Lipinski definition) is 3. The molecule has 2 rings (SSSR count). The largest absolute Gasteiger partial charge is 0.480 e. The van der Waals surface area contributed by atoms with Gasteiger partial charge in [-0.05, 0) is 40.5 Å². The van der Waals surface area contributed by atoms with E-state index in [1.165, 1.54) is 18.0 Å². The Balaban J connectivity index is 2.11. The molecule has 2 heterocycles. The standard InChI is InChI=1S/C20H31N5O7/c1-12-8-24(18(30)22-17(12)29)10-15(26)23(11-16(27)28)6-5-14-7-13(21)9-25(14)19(31)32-20(2,3)4/h8,13-14H,5-7,9-11,21H2,1-4H3,(H,27,28)(H,22,29,30)/t13-,14+/m0/s1. The minimum Gasteiger partial charge on any atom is -0.480 e. The van der Waals surface area contributed by atoms with Crippen molar-refractivity contribution in [2.24, 2.45) is 5.73 Å². The summed E-state index contributed by atoms with van der Waals surface area (Å²) in [5, 5.41) is 9.22. The summed E-state index contributed by atoms with van der Waals surface area (Å²) in [5.41, 5.74) is 4.27. The summed E-state index contributed by atoms with van der Waals surface area (Å²) in [4.78, 5) is 64.7. The normalized spacial score (nSPS) is 18.5. The molecule has 178 valence electrons. The van der Waals surface area contributed by atoms with Crippen LogP contribution in [0.15, 0.2) is 15.8 Å². The minimum absolute atomic E-state index is 0.0406. The number of nitrogens with one attached hydrogen (secondary N) is 1. The van der Waals surface area contributed by atoms with Crippen molar-refractivity contribution in [1.82, 2.24) is 19.4 Å². The lowest BCUT2D eigenvalue weighted by Crippen LogP contribution is -2.44. The summed E-state index contributed by atoms with van der Waals surface area (Å²) < 4.78 is 6.44. The molecular formula is C20H31N5O7. The fourth-order valence-electron chi connectivity index (χ4n) is 3.51. The summed E-state index contributed by atoms with van der Waals surface area (Å²) in [7, 11) is 0. The van der Waals surface area contributed by atoms with Crippen molar-refractivity contribution in [3.8, 4) is 0 Å². The number of ether oxygens (including phenoxy) is 1. The van der Waals surface area contributed by atoms with Crippen LogP contribution in [0.25, 0.3) is 0 Å². The zero-order valence-electron chi connectivity index (χ0n) is 18.8. The molecule has 1 aliphatic rings. The molecule has 1 aliphatic heterocycles. The number of aliphatic carboxylic acids is 1. The number of carbonyl (C=O) groups is 3. The highest BCUT2D eigenvalue weighted by atomic mass is 16.6. The second kappa shape index (κ2) is 9.98. The molecule has 0 spiro atoms. The van der Waals surface area contributed by atoms with Crippen molar-refractivity contribution in [2.75, 3.05) is 19.6 Å². The molecule has 0 aliphatic carbocycles. The van der Waals surface area contributed by atoms with Gasteiger partial charge in [-0.1, -0.05) is 0 Å². The minimum atomic E-state index is -1.21. The Bertz CT molecular complexity index is 978. The lowest BCUT2D eigenvalue weighted by molar-refractivity contribution is -0.144. The third kappa shape index (κ3) is 6.94. The molecule has 4 N–H and O–H groups in total. The van der Waals surface area contributed by atoms with Crippen molar-refractivity contribution < 1.29 is 24.2 Å². The Hall–Kier alpha value is -3.15. The topological polar surface area (TPSA) is 168 Å². The molecule has 0 bridgehead atoms. The Morgan fingerprint density at radius 2 is 1.97 bits per heavy atom. The van der Waals surface area contributed by atoms with Gasteiger partial charge in [0.05, 0.1) is 0 Å². The van der Waals surface area contributed by atoms with E-state index in [1.807, 2.05) is 0 Å². The Morgan fingerprint density at radius 3 is 2.56 bits per heavy atom. The first kappa shape index (κ1) is 25.1. The number of aromatic amines is 1. The summed E-state index contributed by atoms with van der Waals surface area (Å²) in [6, 6.07) is -0.569. The van der Waals surface area contributed by atoms with Crippen molar-refractivity contribution in [2.45, 2.75) is 64.8 Å². The van der Waals surface area contributed by atoms with Crippen molar-refractivity contribution in [3.05, 3.63) is 32.6 Å². The van der Waals surface area contributed by atoms with Gasteiger partial charge in [0.15, 0.2) is 0 Å². The summed E-state index contributed by atoms with van der Waals surface area (Å²) in [6.45, 7) is 6.10. The van der Waals surface area contributed by atoms with E-state index >= 15 is 0 Å². The molecule has 32 heavy (non-hydrogen) atoms. The van der Waals surface area contributed by atoms with Crippen LogP contribution in [-0.4, -0.2) is 79.7 Å². The highest BCUT2D eigenvalue weighted by Gasteiger charge is 2.36. The van der Waals surface area contributed by atoms with Gasteiger partial charge >= 0.3 is 17.8 Å². The van der Waals surface area contributed by atoms with Crippen LogP contribution >= 0.6 is 0 Å². The van der Waals surface area contributed by atoms with Crippen LogP contribution in [-0.2, 0) is 20.9 Å². The third-order valence-electron chi connectivity index (χ3n) is 4.98.